The lowest BCUT2D eigenvalue weighted by Crippen LogP contribution is -2.48. The van der Waals surface area contributed by atoms with Gasteiger partial charge in [-0.05, 0) is 39.8 Å². The Labute approximate surface area is 214 Å². The zero-order valence-corrected chi connectivity index (χ0v) is 21.3. The fourth-order valence-electron chi connectivity index (χ4n) is 4.17. The number of hydrogen-bond donors (Lipinski definition) is 2. The van der Waals surface area contributed by atoms with Crippen LogP contribution < -0.4 is 10.2 Å². The number of hydrogen-bond acceptors (Lipinski definition) is 9. The van der Waals surface area contributed by atoms with E-state index >= 15 is 0 Å². The number of H-pyrrole nitrogens is 1. The quantitative estimate of drug-likeness (QED) is 0.481. The number of aromatic amines is 1. The molecule has 11 nitrogen and oxygen atoms in total. The van der Waals surface area contributed by atoms with E-state index in [2.05, 4.69) is 26.6 Å². The van der Waals surface area contributed by atoms with E-state index in [1.54, 1.807) is 45.9 Å². The largest absolute Gasteiger partial charge is 0.462 e. The van der Waals surface area contributed by atoms with Crippen molar-refractivity contribution in [2.24, 2.45) is 0 Å². The van der Waals surface area contributed by atoms with Crippen molar-refractivity contribution >= 4 is 28.8 Å². The van der Waals surface area contributed by atoms with Crippen LogP contribution in [0.3, 0.4) is 0 Å². The predicted octanol–water partition coefficient (Wildman–Crippen LogP) is 3.40. The molecule has 2 N–H and O–H groups in total. The number of aromatic nitrogens is 3. The van der Waals surface area contributed by atoms with Gasteiger partial charge in [-0.15, -0.1) is 0 Å². The summed E-state index contributed by atoms with van der Waals surface area (Å²) >= 11 is 0. The van der Waals surface area contributed by atoms with E-state index in [9.17, 15) is 14.9 Å². The number of fused-ring (bicyclic) bond motifs is 1. The van der Waals surface area contributed by atoms with Crippen LogP contribution in [0.15, 0.2) is 30.5 Å². The van der Waals surface area contributed by atoms with Gasteiger partial charge >= 0.3 is 12.1 Å². The van der Waals surface area contributed by atoms with Gasteiger partial charge in [0.2, 0.25) is 0 Å². The monoisotopic (exact) mass is 506 g/mol. The smallest absolute Gasteiger partial charge is 0.407 e. The molecule has 1 aromatic carbocycles. The molecule has 1 unspecified atom stereocenters. The van der Waals surface area contributed by atoms with Crippen molar-refractivity contribution in [3.63, 3.8) is 0 Å². The molecule has 194 valence electrons. The van der Waals surface area contributed by atoms with Crippen molar-refractivity contribution in [3.8, 4) is 17.3 Å². The van der Waals surface area contributed by atoms with E-state index in [0.29, 0.717) is 53.2 Å². The van der Waals surface area contributed by atoms with Gasteiger partial charge in [0.25, 0.3) is 0 Å². The van der Waals surface area contributed by atoms with Crippen LogP contribution in [0, 0.1) is 11.3 Å². The molecule has 4 rings (SSSR count). The lowest BCUT2D eigenvalue weighted by Gasteiger charge is -2.35. The Morgan fingerprint density at radius 2 is 2.16 bits per heavy atom. The van der Waals surface area contributed by atoms with Gasteiger partial charge in [-0.1, -0.05) is 12.1 Å². The zero-order valence-electron chi connectivity index (χ0n) is 21.3. The number of carbonyl (C=O) groups is 2. The molecule has 1 atom stereocenters. The number of nitriles is 1. The molecule has 2 aromatic heterocycles. The summed E-state index contributed by atoms with van der Waals surface area (Å²) in [7, 11) is 0. The van der Waals surface area contributed by atoms with E-state index in [1.807, 2.05) is 11.0 Å². The van der Waals surface area contributed by atoms with Crippen LogP contribution in [0.5, 0.6) is 0 Å². The fourth-order valence-corrected chi connectivity index (χ4v) is 4.17. The Balaban J connectivity index is 1.72. The van der Waals surface area contributed by atoms with E-state index in [0.717, 1.165) is 5.56 Å². The van der Waals surface area contributed by atoms with Crippen LogP contribution in [0.25, 0.3) is 22.3 Å². The molecule has 37 heavy (non-hydrogen) atoms. The second-order valence-corrected chi connectivity index (χ2v) is 9.55. The molecule has 1 amide bonds. The first-order chi connectivity index (χ1) is 17.7. The molecule has 0 aliphatic carbocycles. The van der Waals surface area contributed by atoms with Gasteiger partial charge in [0, 0.05) is 31.4 Å². The molecule has 1 aliphatic heterocycles. The third-order valence-corrected chi connectivity index (χ3v) is 5.66. The molecule has 0 spiro atoms. The van der Waals surface area contributed by atoms with Gasteiger partial charge in [0.15, 0.2) is 5.65 Å². The van der Waals surface area contributed by atoms with Crippen LogP contribution >= 0.6 is 0 Å². The van der Waals surface area contributed by atoms with Crippen LogP contribution in [0.2, 0.25) is 0 Å². The number of benzene rings is 1. The molecular formula is C26H30N6O5. The summed E-state index contributed by atoms with van der Waals surface area (Å²) in [6.07, 6.45) is 0.591. The molecule has 3 aromatic rings. The highest BCUT2D eigenvalue weighted by molar-refractivity contribution is 6.09. The summed E-state index contributed by atoms with van der Waals surface area (Å²) in [6, 6.07) is 9.27. The highest BCUT2D eigenvalue weighted by Crippen LogP contribution is 2.37. The molecule has 11 heteroatoms. The van der Waals surface area contributed by atoms with Crippen LogP contribution in [0.4, 0.5) is 10.5 Å². The summed E-state index contributed by atoms with van der Waals surface area (Å²) in [5.41, 5.74) is 2.60. The Hall–Kier alpha value is -4.17. The molecule has 0 saturated carbocycles. The molecule has 0 radical (unpaired) electrons. The molecular weight excluding hydrogens is 476 g/mol. The number of morpholine rings is 1. The van der Waals surface area contributed by atoms with E-state index < -0.39 is 17.7 Å². The van der Waals surface area contributed by atoms with Gasteiger partial charge in [-0.3, -0.25) is 5.10 Å². The summed E-state index contributed by atoms with van der Waals surface area (Å²) < 4.78 is 16.6. The first kappa shape index (κ1) is 25.9. The zero-order chi connectivity index (χ0) is 26.6. The predicted molar refractivity (Wildman–Crippen MR) is 136 cm³/mol. The minimum absolute atomic E-state index is 0.213. The van der Waals surface area contributed by atoms with Crippen molar-refractivity contribution < 1.29 is 23.8 Å². The highest BCUT2D eigenvalue weighted by Gasteiger charge is 2.30. The van der Waals surface area contributed by atoms with Gasteiger partial charge < -0.3 is 24.4 Å². The Morgan fingerprint density at radius 1 is 1.35 bits per heavy atom. The third kappa shape index (κ3) is 5.98. The molecule has 0 bridgehead atoms. The summed E-state index contributed by atoms with van der Waals surface area (Å²) in [6.45, 7) is 8.85. The summed E-state index contributed by atoms with van der Waals surface area (Å²) in [5, 5.41) is 20.2. The third-order valence-electron chi connectivity index (χ3n) is 5.66. The number of amides is 1. The van der Waals surface area contributed by atoms with Gasteiger partial charge in [0.05, 0.1) is 47.7 Å². The molecule has 1 saturated heterocycles. The van der Waals surface area contributed by atoms with Crippen molar-refractivity contribution in [3.05, 3.63) is 41.6 Å². The number of ether oxygens (including phenoxy) is 3. The molecule has 1 aliphatic rings. The second kappa shape index (κ2) is 10.8. The number of nitrogens with zero attached hydrogens (tertiary/aromatic N) is 4. The van der Waals surface area contributed by atoms with Crippen LogP contribution in [0.1, 0.15) is 43.6 Å². The first-order valence-corrected chi connectivity index (χ1v) is 12.1. The lowest BCUT2D eigenvalue weighted by molar-refractivity contribution is 0.0282. The number of rotatable bonds is 6. The van der Waals surface area contributed by atoms with E-state index in [1.165, 1.54) is 6.20 Å². The maximum absolute atomic E-state index is 13.0. The SMILES string of the molecule is CCOC(=O)c1cnc2n[nH]c(-c3cccc(C#N)c3)c2c1N1CCOC(CNC(=O)OC(C)(C)C)C1. The lowest BCUT2D eigenvalue weighted by atomic mass is 10.0. The average molecular weight is 507 g/mol. The average Bonchev–Trinajstić information content (AvgIpc) is 3.30. The minimum Gasteiger partial charge on any atom is -0.462 e. The van der Waals surface area contributed by atoms with Crippen molar-refractivity contribution in [2.75, 3.05) is 37.7 Å². The van der Waals surface area contributed by atoms with E-state index in [4.69, 9.17) is 14.2 Å². The Morgan fingerprint density at radius 3 is 2.89 bits per heavy atom. The van der Waals surface area contributed by atoms with Gasteiger partial charge in [-0.2, -0.15) is 10.4 Å². The fraction of sp³-hybridized carbons (Fsp3) is 0.423. The minimum atomic E-state index is -0.610. The number of carbonyl (C=O) groups excluding carboxylic acids is 2. The maximum atomic E-state index is 13.0. The topological polar surface area (TPSA) is 142 Å². The number of pyridine rings is 1. The Bertz CT molecular complexity index is 1340. The second-order valence-electron chi connectivity index (χ2n) is 9.55. The first-order valence-electron chi connectivity index (χ1n) is 12.1. The van der Waals surface area contributed by atoms with Gasteiger partial charge in [-0.25, -0.2) is 14.6 Å². The molecule has 3 heterocycles. The highest BCUT2D eigenvalue weighted by atomic mass is 16.6. The van der Waals surface area contributed by atoms with Crippen LogP contribution in [-0.2, 0) is 14.2 Å². The number of nitrogens with one attached hydrogen (secondary N) is 2. The normalized spacial score (nSPS) is 15.8. The standard InChI is InChI=1S/C26H30N6O5/c1-5-35-24(33)19-14-28-23-20(21(30-31-23)17-8-6-7-16(11-17)12-27)22(19)32-9-10-36-18(15-32)13-29-25(34)37-26(2,3)4/h6-8,11,14,18H,5,9-10,13,15H2,1-4H3,(H,29,34)(H,28,30,31). The summed E-state index contributed by atoms with van der Waals surface area (Å²) in [4.78, 5) is 31.6. The van der Waals surface area contributed by atoms with Crippen molar-refractivity contribution in [2.45, 2.75) is 39.4 Å². The maximum Gasteiger partial charge on any atom is 0.407 e. The van der Waals surface area contributed by atoms with Crippen molar-refractivity contribution in [1.29, 1.82) is 5.26 Å². The van der Waals surface area contributed by atoms with Crippen molar-refractivity contribution in [1.82, 2.24) is 20.5 Å². The van der Waals surface area contributed by atoms with E-state index in [-0.39, 0.29) is 19.3 Å². The molecule has 1 fully saturated rings. The number of alkyl carbamates (subject to hydrolysis) is 1. The summed E-state index contributed by atoms with van der Waals surface area (Å²) in [5.74, 6) is -0.500. The Kier molecular flexibility index (Phi) is 7.59. The number of esters is 1. The van der Waals surface area contributed by atoms with Gasteiger partial charge in [0.1, 0.15) is 11.2 Å². The number of anilines is 1. The van der Waals surface area contributed by atoms with Crippen LogP contribution in [-0.4, -0.2) is 71.8 Å².